The third-order valence-corrected chi connectivity index (χ3v) is 6.62. The van der Waals surface area contributed by atoms with Crippen molar-refractivity contribution in [3.63, 3.8) is 0 Å². The molecule has 0 N–H and O–H groups in total. The van der Waals surface area contributed by atoms with Gasteiger partial charge < -0.3 is 14.4 Å². The fourth-order valence-electron chi connectivity index (χ4n) is 4.75. The highest BCUT2D eigenvalue weighted by atomic mass is 16.5. The number of nitrogens with zero attached hydrogens (tertiary/aromatic N) is 1. The maximum atomic E-state index is 12.6. The van der Waals surface area contributed by atoms with E-state index >= 15 is 0 Å². The van der Waals surface area contributed by atoms with E-state index in [2.05, 4.69) is 49.4 Å². The van der Waals surface area contributed by atoms with Gasteiger partial charge in [-0.15, -0.1) is 0 Å². The Morgan fingerprint density at radius 3 is 1.89 bits per heavy atom. The van der Waals surface area contributed by atoms with Crippen molar-refractivity contribution in [1.82, 2.24) is 0 Å². The summed E-state index contributed by atoms with van der Waals surface area (Å²) in [6.07, 6.45) is 2.32. The van der Waals surface area contributed by atoms with Crippen LogP contribution in [0, 0.1) is 0 Å². The van der Waals surface area contributed by atoms with E-state index in [9.17, 15) is 4.79 Å². The molecule has 0 spiro atoms. The molecule has 5 rings (SSSR count). The van der Waals surface area contributed by atoms with Crippen LogP contribution in [0.15, 0.2) is 91.0 Å². The molecule has 4 heteroatoms. The lowest BCUT2D eigenvalue weighted by atomic mass is 9.94. The first-order valence-corrected chi connectivity index (χ1v) is 12.5. The van der Waals surface area contributed by atoms with Gasteiger partial charge in [0.2, 0.25) is 5.91 Å². The van der Waals surface area contributed by atoms with Crippen molar-refractivity contribution < 1.29 is 14.3 Å². The SMILES string of the molecule is CCCc1cc(OCc2ccccc2)c(-c2cccc3c2CC(=O)N3C)c(OCc2ccccc2)c1. The summed E-state index contributed by atoms with van der Waals surface area (Å²) < 4.78 is 13.0. The molecular weight excluding hydrogens is 446 g/mol. The standard InChI is InChI=1S/C32H31NO3/c1-3-11-25-18-29(35-21-23-12-6-4-7-13-23)32(30(19-25)36-22-24-14-8-5-9-15-24)26-16-10-17-28-27(26)20-31(34)33(28)2/h4-10,12-19H,3,11,20-22H2,1-2H3. The van der Waals surface area contributed by atoms with Crippen LogP contribution in [0.5, 0.6) is 11.5 Å². The normalized spacial score (nSPS) is 12.5. The second kappa shape index (κ2) is 10.7. The van der Waals surface area contributed by atoms with E-state index in [1.54, 1.807) is 4.90 Å². The molecule has 4 aromatic rings. The van der Waals surface area contributed by atoms with E-state index in [4.69, 9.17) is 9.47 Å². The number of carbonyl (C=O) groups is 1. The molecule has 0 atom stereocenters. The lowest BCUT2D eigenvalue weighted by molar-refractivity contribution is -0.117. The van der Waals surface area contributed by atoms with Crippen molar-refractivity contribution in [2.75, 3.05) is 11.9 Å². The number of rotatable bonds is 9. The van der Waals surface area contributed by atoms with Crippen molar-refractivity contribution in [1.29, 1.82) is 0 Å². The van der Waals surface area contributed by atoms with Gasteiger partial charge in [-0.05, 0) is 52.4 Å². The van der Waals surface area contributed by atoms with Crippen LogP contribution >= 0.6 is 0 Å². The van der Waals surface area contributed by atoms with E-state index in [1.807, 2.05) is 55.6 Å². The highest BCUT2D eigenvalue weighted by Crippen LogP contribution is 2.45. The third kappa shape index (κ3) is 4.99. The van der Waals surface area contributed by atoms with Crippen LogP contribution in [0.2, 0.25) is 0 Å². The van der Waals surface area contributed by atoms with Crippen molar-refractivity contribution in [3.05, 3.63) is 113 Å². The molecule has 0 aromatic heterocycles. The van der Waals surface area contributed by atoms with Crippen LogP contribution < -0.4 is 14.4 Å². The smallest absolute Gasteiger partial charge is 0.231 e. The van der Waals surface area contributed by atoms with Crippen molar-refractivity contribution in [2.45, 2.75) is 39.4 Å². The Bertz CT molecular complexity index is 1280. The molecule has 0 fully saturated rings. The molecule has 0 saturated heterocycles. The summed E-state index contributed by atoms with van der Waals surface area (Å²) in [6.45, 7) is 3.08. The molecule has 0 bridgehead atoms. The van der Waals surface area contributed by atoms with Gasteiger partial charge in [-0.3, -0.25) is 4.79 Å². The van der Waals surface area contributed by atoms with E-state index in [0.29, 0.717) is 19.6 Å². The molecule has 182 valence electrons. The van der Waals surface area contributed by atoms with Crippen LogP contribution in [-0.4, -0.2) is 13.0 Å². The first kappa shape index (κ1) is 23.7. The van der Waals surface area contributed by atoms with Gasteiger partial charge in [0.15, 0.2) is 0 Å². The van der Waals surface area contributed by atoms with Crippen molar-refractivity contribution in [2.24, 2.45) is 0 Å². The minimum Gasteiger partial charge on any atom is -0.488 e. The number of likely N-dealkylation sites (N-methyl/N-ethyl adjacent to an activating group) is 1. The summed E-state index contributed by atoms with van der Waals surface area (Å²) >= 11 is 0. The number of hydrogen-bond acceptors (Lipinski definition) is 3. The maximum Gasteiger partial charge on any atom is 0.231 e. The van der Waals surface area contributed by atoms with Crippen LogP contribution in [0.3, 0.4) is 0 Å². The Labute approximate surface area is 213 Å². The average Bonchev–Trinajstić information content (AvgIpc) is 3.21. The van der Waals surface area contributed by atoms with Gasteiger partial charge in [0, 0.05) is 12.7 Å². The molecule has 0 saturated carbocycles. The Morgan fingerprint density at radius 1 is 0.750 bits per heavy atom. The van der Waals surface area contributed by atoms with Gasteiger partial charge in [-0.2, -0.15) is 0 Å². The second-order valence-electron chi connectivity index (χ2n) is 9.20. The number of anilines is 1. The van der Waals surface area contributed by atoms with Gasteiger partial charge in [0.25, 0.3) is 0 Å². The molecule has 0 radical (unpaired) electrons. The van der Waals surface area contributed by atoms with E-state index in [-0.39, 0.29) is 5.91 Å². The molecule has 0 aliphatic carbocycles. The monoisotopic (exact) mass is 477 g/mol. The zero-order valence-corrected chi connectivity index (χ0v) is 20.9. The quantitative estimate of drug-likeness (QED) is 0.261. The molecule has 1 amide bonds. The number of benzene rings is 4. The van der Waals surface area contributed by atoms with Crippen LogP contribution in [0.1, 0.15) is 35.6 Å². The molecule has 4 aromatic carbocycles. The van der Waals surface area contributed by atoms with Crippen LogP contribution in [0.25, 0.3) is 11.1 Å². The number of ether oxygens (including phenoxy) is 2. The maximum absolute atomic E-state index is 12.6. The number of aryl methyl sites for hydroxylation is 1. The molecule has 4 nitrogen and oxygen atoms in total. The van der Waals surface area contributed by atoms with Crippen LogP contribution in [-0.2, 0) is 30.8 Å². The molecule has 1 aliphatic heterocycles. The number of fused-ring (bicyclic) bond motifs is 1. The largest absolute Gasteiger partial charge is 0.488 e. The molecule has 1 aliphatic rings. The number of amides is 1. The number of carbonyl (C=O) groups excluding carboxylic acids is 1. The second-order valence-corrected chi connectivity index (χ2v) is 9.20. The predicted molar refractivity (Wildman–Crippen MR) is 145 cm³/mol. The predicted octanol–water partition coefficient (Wildman–Crippen LogP) is 6.98. The van der Waals surface area contributed by atoms with Gasteiger partial charge in [0.1, 0.15) is 24.7 Å². The van der Waals surface area contributed by atoms with E-state index in [1.165, 1.54) is 5.56 Å². The lowest BCUT2D eigenvalue weighted by Crippen LogP contribution is -2.20. The fourth-order valence-corrected chi connectivity index (χ4v) is 4.75. The lowest BCUT2D eigenvalue weighted by Gasteiger charge is -2.21. The van der Waals surface area contributed by atoms with Crippen LogP contribution in [0.4, 0.5) is 5.69 Å². The Balaban J connectivity index is 1.62. The zero-order chi connectivity index (χ0) is 24.9. The highest BCUT2D eigenvalue weighted by molar-refractivity contribution is 6.04. The zero-order valence-electron chi connectivity index (χ0n) is 20.9. The summed E-state index contributed by atoms with van der Waals surface area (Å²) in [5, 5.41) is 0. The molecule has 0 unspecified atom stereocenters. The Morgan fingerprint density at radius 2 is 1.33 bits per heavy atom. The average molecular weight is 478 g/mol. The summed E-state index contributed by atoms with van der Waals surface area (Å²) in [5.74, 6) is 1.66. The summed E-state index contributed by atoms with van der Waals surface area (Å²) in [5.41, 5.74) is 7.23. The first-order valence-electron chi connectivity index (χ1n) is 12.5. The highest BCUT2D eigenvalue weighted by Gasteiger charge is 2.29. The van der Waals surface area contributed by atoms with Gasteiger partial charge in [-0.25, -0.2) is 0 Å². The molecule has 36 heavy (non-hydrogen) atoms. The van der Waals surface area contributed by atoms with Crippen molar-refractivity contribution in [3.8, 4) is 22.6 Å². The Kier molecular flexibility index (Phi) is 7.03. The molecule has 1 heterocycles. The number of hydrogen-bond donors (Lipinski definition) is 0. The summed E-state index contributed by atoms with van der Waals surface area (Å²) in [4.78, 5) is 14.3. The minimum absolute atomic E-state index is 0.0959. The topological polar surface area (TPSA) is 38.8 Å². The first-order chi connectivity index (χ1) is 17.6. The minimum atomic E-state index is 0.0959. The van der Waals surface area contributed by atoms with Gasteiger partial charge in [0.05, 0.1) is 12.0 Å². The van der Waals surface area contributed by atoms with Gasteiger partial charge >= 0.3 is 0 Å². The fraction of sp³-hybridized carbons (Fsp3) is 0.219. The summed E-state index contributed by atoms with van der Waals surface area (Å²) in [6, 6.07) is 30.7. The third-order valence-electron chi connectivity index (χ3n) is 6.62. The summed E-state index contributed by atoms with van der Waals surface area (Å²) in [7, 11) is 1.84. The van der Waals surface area contributed by atoms with Gasteiger partial charge in [-0.1, -0.05) is 86.1 Å². The molecular formula is C32H31NO3. The Hall–Kier alpha value is -4.05. The van der Waals surface area contributed by atoms with Crippen molar-refractivity contribution >= 4 is 11.6 Å². The van der Waals surface area contributed by atoms with E-state index < -0.39 is 0 Å². The van der Waals surface area contributed by atoms with E-state index in [0.717, 1.165) is 57.8 Å².